The maximum absolute atomic E-state index is 12.5. The fraction of sp³-hybridized carbons (Fsp3) is 0.417. The van der Waals surface area contributed by atoms with Crippen LogP contribution in [0.3, 0.4) is 0 Å². The zero-order chi connectivity index (χ0) is 21.3. The Labute approximate surface area is 182 Å². The number of fused-ring (bicyclic) bond motifs is 2. The molecule has 0 spiro atoms. The number of carbonyl (C=O) groups is 1. The summed E-state index contributed by atoms with van der Waals surface area (Å²) in [6.07, 6.45) is 5.08. The van der Waals surface area contributed by atoms with Crippen molar-refractivity contribution in [3.8, 4) is 0 Å². The van der Waals surface area contributed by atoms with Crippen molar-refractivity contribution in [3.63, 3.8) is 0 Å². The van der Waals surface area contributed by atoms with E-state index in [1.807, 2.05) is 51.1 Å². The molecule has 30 heavy (non-hydrogen) atoms. The average Bonchev–Trinajstić information content (AvgIpc) is 2.81. The van der Waals surface area contributed by atoms with Crippen molar-refractivity contribution < 1.29 is 14.3 Å². The number of piperidine rings is 1. The monoisotopic (exact) mass is 426 g/mol. The highest BCUT2D eigenvalue weighted by Gasteiger charge is 2.34. The summed E-state index contributed by atoms with van der Waals surface area (Å²) in [4.78, 5) is 17.2. The molecule has 0 amide bonds. The van der Waals surface area contributed by atoms with Crippen LogP contribution in [0.15, 0.2) is 36.5 Å². The first-order valence-corrected chi connectivity index (χ1v) is 10.8. The quantitative estimate of drug-likeness (QED) is 0.630. The van der Waals surface area contributed by atoms with E-state index in [-0.39, 0.29) is 5.92 Å². The molecule has 0 saturated carbocycles. The molecule has 1 aromatic heterocycles. The van der Waals surface area contributed by atoms with Crippen LogP contribution in [0.2, 0.25) is 5.02 Å². The molecule has 0 radical (unpaired) electrons. The van der Waals surface area contributed by atoms with E-state index in [1.165, 1.54) is 0 Å². The van der Waals surface area contributed by atoms with Crippen molar-refractivity contribution >= 4 is 29.6 Å². The molecule has 1 aromatic carbocycles. The van der Waals surface area contributed by atoms with Crippen LogP contribution < -0.4 is 5.32 Å². The lowest BCUT2D eigenvalue weighted by Crippen LogP contribution is -2.32. The Hall–Kier alpha value is -2.37. The number of carbonyl (C=O) groups excluding carboxylic acids is 1. The van der Waals surface area contributed by atoms with E-state index in [0.717, 1.165) is 48.3 Å². The fourth-order valence-electron chi connectivity index (χ4n) is 4.29. The molecule has 1 aliphatic carbocycles. The number of nitrogens with zero attached hydrogens (tertiary/aromatic N) is 1. The Morgan fingerprint density at radius 1 is 1.20 bits per heavy atom. The highest BCUT2D eigenvalue weighted by atomic mass is 35.5. The third-order valence-corrected chi connectivity index (χ3v) is 5.74. The molecule has 2 aliphatic rings. The smallest absolute Gasteiger partial charge is 0.428 e. The van der Waals surface area contributed by atoms with Crippen LogP contribution in [0, 0.1) is 5.92 Å². The molecule has 1 unspecified atom stereocenters. The Morgan fingerprint density at radius 2 is 1.97 bits per heavy atom. The number of rotatable bonds is 2. The molecule has 1 aliphatic heterocycles. The average molecular weight is 427 g/mol. The number of pyridine rings is 1. The lowest BCUT2D eigenvalue weighted by atomic mass is 9.76. The van der Waals surface area contributed by atoms with Gasteiger partial charge in [0.05, 0.1) is 5.69 Å². The van der Waals surface area contributed by atoms with Crippen LogP contribution in [-0.4, -0.2) is 29.8 Å². The Kier molecular flexibility index (Phi) is 5.85. The number of nitrogens with one attached hydrogen (secondary N) is 1. The SMILES string of the molecule is CC(C)(C)OC(=O)OC1=Cc2cc(Cl)ccc2C(C2CCNCC2)c2ncccc21. The molecule has 1 saturated heterocycles. The van der Waals surface area contributed by atoms with Crippen molar-refractivity contribution in [2.45, 2.75) is 45.1 Å². The summed E-state index contributed by atoms with van der Waals surface area (Å²) in [5.41, 5.74) is 3.22. The summed E-state index contributed by atoms with van der Waals surface area (Å²) in [5.74, 6) is 0.980. The topological polar surface area (TPSA) is 60.5 Å². The van der Waals surface area contributed by atoms with E-state index in [1.54, 1.807) is 6.20 Å². The molecular weight excluding hydrogens is 400 g/mol. The second kappa shape index (κ2) is 8.40. The summed E-state index contributed by atoms with van der Waals surface area (Å²) in [6, 6.07) is 9.75. The van der Waals surface area contributed by atoms with Gasteiger partial charge in [0.25, 0.3) is 0 Å². The van der Waals surface area contributed by atoms with Crippen LogP contribution in [0.4, 0.5) is 4.79 Å². The number of aromatic nitrogens is 1. The summed E-state index contributed by atoms with van der Waals surface area (Å²) in [5, 5.41) is 4.09. The number of ether oxygens (including phenoxy) is 2. The third-order valence-electron chi connectivity index (χ3n) is 5.51. The third kappa shape index (κ3) is 4.52. The van der Waals surface area contributed by atoms with Crippen molar-refractivity contribution in [2.75, 3.05) is 13.1 Å². The normalized spacial score (nSPS) is 19.2. The molecule has 2 heterocycles. The van der Waals surface area contributed by atoms with Gasteiger partial charge in [0.1, 0.15) is 11.4 Å². The fourth-order valence-corrected chi connectivity index (χ4v) is 4.47. The Balaban J connectivity index is 1.82. The van der Waals surface area contributed by atoms with Crippen molar-refractivity contribution in [1.29, 1.82) is 0 Å². The van der Waals surface area contributed by atoms with E-state index >= 15 is 0 Å². The van der Waals surface area contributed by atoms with Crippen LogP contribution in [0.1, 0.15) is 61.9 Å². The lowest BCUT2D eigenvalue weighted by molar-refractivity contribution is 0.0150. The zero-order valence-electron chi connectivity index (χ0n) is 17.6. The van der Waals surface area contributed by atoms with Gasteiger partial charge in [-0.15, -0.1) is 0 Å². The van der Waals surface area contributed by atoms with Gasteiger partial charge in [0.2, 0.25) is 0 Å². The minimum Gasteiger partial charge on any atom is -0.428 e. The van der Waals surface area contributed by atoms with Gasteiger partial charge in [0.15, 0.2) is 0 Å². The van der Waals surface area contributed by atoms with Gasteiger partial charge in [-0.1, -0.05) is 17.7 Å². The molecule has 4 rings (SSSR count). The lowest BCUT2D eigenvalue weighted by Gasteiger charge is -2.32. The van der Waals surface area contributed by atoms with E-state index < -0.39 is 11.8 Å². The minimum absolute atomic E-state index is 0.103. The van der Waals surface area contributed by atoms with Crippen molar-refractivity contribution in [3.05, 3.63) is 63.9 Å². The Bertz CT molecular complexity index is 975. The maximum Gasteiger partial charge on any atom is 0.514 e. The summed E-state index contributed by atoms with van der Waals surface area (Å²) >= 11 is 6.33. The van der Waals surface area contributed by atoms with Crippen LogP contribution >= 0.6 is 11.6 Å². The van der Waals surface area contributed by atoms with E-state index in [0.29, 0.717) is 16.7 Å². The van der Waals surface area contributed by atoms with Gasteiger partial charge < -0.3 is 14.8 Å². The number of benzene rings is 1. The summed E-state index contributed by atoms with van der Waals surface area (Å²) in [6.45, 7) is 7.41. The van der Waals surface area contributed by atoms with Gasteiger partial charge in [-0.2, -0.15) is 0 Å². The van der Waals surface area contributed by atoms with Gasteiger partial charge in [-0.25, -0.2) is 4.79 Å². The minimum atomic E-state index is -0.729. The molecule has 2 aromatic rings. The second-order valence-electron chi connectivity index (χ2n) is 8.85. The van der Waals surface area contributed by atoms with E-state index in [2.05, 4.69) is 11.4 Å². The second-order valence-corrected chi connectivity index (χ2v) is 9.29. The number of halogens is 1. The maximum atomic E-state index is 12.5. The standard InChI is InChI=1S/C24H27ClN2O3/c1-24(2,3)30-23(28)29-20-14-16-13-17(25)6-7-18(16)21(15-8-11-26-12-9-15)22-19(20)5-4-10-27-22/h4-7,10,13-15,21,26H,8-9,11-12H2,1-3H3. The highest BCUT2D eigenvalue weighted by Crippen LogP contribution is 2.44. The van der Waals surface area contributed by atoms with Crippen LogP contribution in [0.5, 0.6) is 0 Å². The first-order chi connectivity index (χ1) is 14.3. The van der Waals surface area contributed by atoms with Gasteiger partial charge in [-0.3, -0.25) is 4.98 Å². The van der Waals surface area contributed by atoms with Gasteiger partial charge >= 0.3 is 6.16 Å². The van der Waals surface area contributed by atoms with E-state index in [4.69, 9.17) is 26.1 Å². The predicted octanol–water partition coefficient (Wildman–Crippen LogP) is 5.63. The number of hydrogen-bond donors (Lipinski definition) is 1. The van der Waals surface area contributed by atoms with Gasteiger partial charge in [-0.05, 0) is 94.1 Å². The van der Waals surface area contributed by atoms with Crippen molar-refractivity contribution in [2.24, 2.45) is 5.92 Å². The van der Waals surface area contributed by atoms with Crippen LogP contribution in [-0.2, 0) is 9.47 Å². The molecule has 0 bridgehead atoms. The molecule has 1 N–H and O–H groups in total. The molecular formula is C24H27ClN2O3. The summed E-state index contributed by atoms with van der Waals surface area (Å²) < 4.78 is 11.1. The first-order valence-electron chi connectivity index (χ1n) is 10.4. The van der Waals surface area contributed by atoms with Crippen LogP contribution in [0.25, 0.3) is 11.8 Å². The number of hydrogen-bond acceptors (Lipinski definition) is 5. The largest absolute Gasteiger partial charge is 0.514 e. The highest BCUT2D eigenvalue weighted by molar-refractivity contribution is 6.30. The molecule has 1 fully saturated rings. The molecule has 158 valence electrons. The first kappa shape index (κ1) is 20.9. The zero-order valence-corrected chi connectivity index (χ0v) is 18.3. The molecule has 1 atom stereocenters. The molecule has 5 nitrogen and oxygen atoms in total. The van der Waals surface area contributed by atoms with E-state index in [9.17, 15) is 4.79 Å². The Morgan fingerprint density at radius 3 is 2.70 bits per heavy atom. The van der Waals surface area contributed by atoms with Gasteiger partial charge in [0, 0.05) is 22.7 Å². The van der Waals surface area contributed by atoms with Crippen molar-refractivity contribution in [1.82, 2.24) is 10.3 Å². The summed E-state index contributed by atoms with van der Waals surface area (Å²) in [7, 11) is 0. The predicted molar refractivity (Wildman–Crippen MR) is 118 cm³/mol. The molecule has 6 heteroatoms.